The number of amides is 2. The minimum absolute atomic E-state index is 0.185. The molecule has 5 nitrogen and oxygen atoms in total. The third-order valence-electron chi connectivity index (χ3n) is 2.96. The Morgan fingerprint density at radius 1 is 1.26 bits per heavy atom. The Bertz CT molecular complexity index is 434. The maximum Gasteiger partial charge on any atom is 0.243 e. The molecule has 1 unspecified atom stereocenters. The predicted molar refractivity (Wildman–Crippen MR) is 70.7 cm³/mol. The molecule has 0 spiro atoms. The minimum Gasteiger partial charge on any atom is -0.494 e. The van der Waals surface area contributed by atoms with Gasteiger partial charge in [0, 0.05) is 6.42 Å². The van der Waals surface area contributed by atoms with Gasteiger partial charge in [-0.1, -0.05) is 18.2 Å². The lowest BCUT2D eigenvalue weighted by molar-refractivity contribution is -0.134. The zero-order valence-corrected chi connectivity index (χ0v) is 10.7. The van der Waals surface area contributed by atoms with Crippen LogP contribution in [0.3, 0.4) is 0 Å². The number of nitrogens with one attached hydrogen (secondary N) is 2. The fourth-order valence-corrected chi connectivity index (χ4v) is 1.94. The van der Waals surface area contributed by atoms with E-state index in [-0.39, 0.29) is 17.9 Å². The topological polar surface area (TPSA) is 67.4 Å². The quantitative estimate of drug-likeness (QED) is 0.589. The Kier molecular flexibility index (Phi) is 4.92. The van der Waals surface area contributed by atoms with Gasteiger partial charge in [-0.25, -0.2) is 0 Å². The maximum atomic E-state index is 11.5. The van der Waals surface area contributed by atoms with Crippen LogP contribution in [-0.2, 0) is 9.59 Å². The first-order valence-corrected chi connectivity index (χ1v) is 6.50. The van der Waals surface area contributed by atoms with Gasteiger partial charge in [0.05, 0.1) is 12.6 Å². The number of carbonyl (C=O) groups is 2. The van der Waals surface area contributed by atoms with Crippen LogP contribution < -0.4 is 15.4 Å². The van der Waals surface area contributed by atoms with Crippen molar-refractivity contribution in [2.24, 2.45) is 0 Å². The molecule has 1 aliphatic heterocycles. The molecule has 1 aromatic carbocycles. The van der Waals surface area contributed by atoms with E-state index in [1.54, 1.807) is 0 Å². The van der Waals surface area contributed by atoms with Crippen molar-refractivity contribution in [3.05, 3.63) is 30.3 Å². The average Bonchev–Trinajstić information content (AvgIpc) is 2.42. The summed E-state index contributed by atoms with van der Waals surface area (Å²) < 4.78 is 5.54. The van der Waals surface area contributed by atoms with Crippen LogP contribution >= 0.6 is 0 Å². The Labute approximate surface area is 112 Å². The molecule has 1 aliphatic rings. The van der Waals surface area contributed by atoms with Crippen molar-refractivity contribution in [3.63, 3.8) is 0 Å². The second kappa shape index (κ2) is 6.89. The molecule has 0 saturated carbocycles. The molecule has 1 atom stereocenters. The molecule has 2 N–H and O–H groups in total. The van der Waals surface area contributed by atoms with E-state index in [0.717, 1.165) is 12.2 Å². The van der Waals surface area contributed by atoms with Gasteiger partial charge in [0.15, 0.2) is 0 Å². The van der Waals surface area contributed by atoms with Gasteiger partial charge >= 0.3 is 0 Å². The summed E-state index contributed by atoms with van der Waals surface area (Å²) in [5.74, 6) is 0.444. The standard InChI is InChI=1S/C14H18N2O3/c17-13-8-7-12(14(18)16-13)15-9-4-10-19-11-5-2-1-3-6-11/h1-3,5-6,12,15H,4,7-10H2,(H,16,17,18). The van der Waals surface area contributed by atoms with E-state index >= 15 is 0 Å². The van der Waals surface area contributed by atoms with Crippen molar-refractivity contribution in [2.45, 2.75) is 25.3 Å². The average molecular weight is 262 g/mol. The monoisotopic (exact) mass is 262 g/mol. The van der Waals surface area contributed by atoms with Crippen LogP contribution in [0.25, 0.3) is 0 Å². The summed E-state index contributed by atoms with van der Waals surface area (Å²) in [4.78, 5) is 22.4. The highest BCUT2D eigenvalue weighted by Gasteiger charge is 2.25. The summed E-state index contributed by atoms with van der Waals surface area (Å²) in [5.41, 5.74) is 0. The number of carbonyl (C=O) groups excluding carboxylic acids is 2. The molecule has 2 amide bonds. The molecule has 1 heterocycles. The van der Waals surface area contributed by atoms with Gasteiger partial charge in [0.25, 0.3) is 0 Å². The molecule has 1 aromatic rings. The highest BCUT2D eigenvalue weighted by molar-refractivity contribution is 6.00. The van der Waals surface area contributed by atoms with Crippen LogP contribution in [0.4, 0.5) is 0 Å². The number of rotatable bonds is 6. The summed E-state index contributed by atoms with van der Waals surface area (Å²) in [6.07, 6.45) is 1.79. The van der Waals surface area contributed by atoms with E-state index in [0.29, 0.717) is 26.0 Å². The fourth-order valence-electron chi connectivity index (χ4n) is 1.94. The Morgan fingerprint density at radius 3 is 2.79 bits per heavy atom. The van der Waals surface area contributed by atoms with Crippen LogP contribution in [0.1, 0.15) is 19.3 Å². The number of hydrogen-bond donors (Lipinski definition) is 2. The summed E-state index contributed by atoms with van der Waals surface area (Å²) >= 11 is 0. The number of ether oxygens (including phenoxy) is 1. The third-order valence-corrected chi connectivity index (χ3v) is 2.96. The van der Waals surface area contributed by atoms with Crippen molar-refractivity contribution in [2.75, 3.05) is 13.2 Å². The van der Waals surface area contributed by atoms with Gasteiger partial charge in [0.2, 0.25) is 11.8 Å². The molecular weight excluding hydrogens is 244 g/mol. The largest absolute Gasteiger partial charge is 0.494 e. The van der Waals surface area contributed by atoms with Gasteiger partial charge in [-0.3, -0.25) is 14.9 Å². The van der Waals surface area contributed by atoms with Crippen LogP contribution in [-0.4, -0.2) is 31.0 Å². The Hall–Kier alpha value is -1.88. The molecule has 1 saturated heterocycles. The molecule has 1 fully saturated rings. The molecule has 102 valence electrons. The molecule has 5 heteroatoms. The zero-order valence-electron chi connectivity index (χ0n) is 10.7. The number of piperidine rings is 1. The number of hydrogen-bond acceptors (Lipinski definition) is 4. The van der Waals surface area contributed by atoms with Crippen molar-refractivity contribution >= 4 is 11.8 Å². The van der Waals surface area contributed by atoms with Crippen molar-refractivity contribution < 1.29 is 14.3 Å². The summed E-state index contributed by atoms with van der Waals surface area (Å²) in [7, 11) is 0. The van der Waals surface area contributed by atoms with Gasteiger partial charge in [-0.05, 0) is 31.5 Å². The van der Waals surface area contributed by atoms with Crippen LogP contribution in [0, 0.1) is 0 Å². The van der Waals surface area contributed by atoms with Gasteiger partial charge in [-0.15, -0.1) is 0 Å². The SMILES string of the molecule is O=C1CCC(NCCCOc2ccccc2)C(=O)N1. The van der Waals surface area contributed by atoms with Gasteiger partial charge < -0.3 is 10.1 Å². The number of benzene rings is 1. The van der Waals surface area contributed by atoms with E-state index in [1.165, 1.54) is 0 Å². The van der Waals surface area contributed by atoms with Gasteiger partial charge in [-0.2, -0.15) is 0 Å². The van der Waals surface area contributed by atoms with E-state index < -0.39 is 0 Å². The zero-order chi connectivity index (χ0) is 13.5. The maximum absolute atomic E-state index is 11.5. The molecule has 0 aliphatic carbocycles. The van der Waals surface area contributed by atoms with E-state index in [2.05, 4.69) is 10.6 Å². The van der Waals surface area contributed by atoms with E-state index in [1.807, 2.05) is 30.3 Å². The molecule has 0 radical (unpaired) electrons. The summed E-state index contributed by atoms with van der Waals surface area (Å²) in [6, 6.07) is 9.36. The molecule has 19 heavy (non-hydrogen) atoms. The number of para-hydroxylation sites is 1. The molecule has 0 bridgehead atoms. The van der Waals surface area contributed by atoms with Crippen LogP contribution in [0.5, 0.6) is 5.75 Å². The molecular formula is C14H18N2O3. The second-order valence-electron chi connectivity index (χ2n) is 4.47. The highest BCUT2D eigenvalue weighted by atomic mass is 16.5. The third kappa shape index (κ3) is 4.37. The van der Waals surface area contributed by atoms with E-state index in [4.69, 9.17) is 4.74 Å². The lowest BCUT2D eigenvalue weighted by Gasteiger charge is -2.21. The van der Waals surface area contributed by atoms with Crippen molar-refractivity contribution in [3.8, 4) is 5.75 Å². The summed E-state index contributed by atoms with van der Waals surface area (Å²) in [6.45, 7) is 1.30. The minimum atomic E-state index is -0.255. The first kappa shape index (κ1) is 13.5. The fraction of sp³-hybridized carbons (Fsp3) is 0.429. The first-order valence-electron chi connectivity index (χ1n) is 6.50. The van der Waals surface area contributed by atoms with E-state index in [9.17, 15) is 9.59 Å². The Morgan fingerprint density at radius 2 is 2.05 bits per heavy atom. The van der Waals surface area contributed by atoms with Gasteiger partial charge in [0.1, 0.15) is 5.75 Å². The second-order valence-corrected chi connectivity index (χ2v) is 4.47. The smallest absolute Gasteiger partial charge is 0.243 e. The van der Waals surface area contributed by atoms with Crippen LogP contribution in [0.2, 0.25) is 0 Å². The predicted octanol–water partition coefficient (Wildman–Crippen LogP) is 0.850. The molecule has 2 rings (SSSR count). The highest BCUT2D eigenvalue weighted by Crippen LogP contribution is 2.08. The Balaban J connectivity index is 1.59. The lowest BCUT2D eigenvalue weighted by Crippen LogP contribution is -2.50. The van der Waals surface area contributed by atoms with Crippen molar-refractivity contribution in [1.82, 2.24) is 10.6 Å². The number of imide groups is 1. The normalized spacial score (nSPS) is 19.1. The lowest BCUT2D eigenvalue weighted by atomic mass is 10.1. The first-order chi connectivity index (χ1) is 9.25. The van der Waals surface area contributed by atoms with Crippen molar-refractivity contribution in [1.29, 1.82) is 0 Å². The molecule has 0 aromatic heterocycles. The summed E-state index contributed by atoms with van der Waals surface area (Å²) in [5, 5.41) is 5.46. The van der Waals surface area contributed by atoms with Crippen LogP contribution in [0.15, 0.2) is 30.3 Å².